The molecule has 1 aliphatic rings. The highest BCUT2D eigenvalue weighted by Gasteiger charge is 2.44. The van der Waals surface area contributed by atoms with Gasteiger partial charge in [0.25, 0.3) is 0 Å². The van der Waals surface area contributed by atoms with Crippen LogP contribution in [0.2, 0.25) is 0 Å². The number of rotatable bonds is 4. The van der Waals surface area contributed by atoms with Gasteiger partial charge in [-0.3, -0.25) is 4.18 Å². The minimum absolute atomic E-state index is 0. The van der Waals surface area contributed by atoms with E-state index in [1.54, 1.807) is 12.1 Å². The SMILES string of the molecule is Cc1ccc(S(=O)OCC2(F)CC2)cc1.O. The molecular formula is C11H15FO3S. The standard InChI is InChI=1S/C11H13FO2S.H2O/c1-9-2-4-10(5-3-9)15(13)14-8-11(12)6-7-11;/h2-5H,6-8H2,1H3;1H2. The summed E-state index contributed by atoms with van der Waals surface area (Å²) in [6, 6.07) is 7.20. The smallest absolute Gasteiger partial charge is 0.189 e. The van der Waals surface area contributed by atoms with Gasteiger partial charge in [0, 0.05) is 0 Å². The maximum atomic E-state index is 13.2. The van der Waals surface area contributed by atoms with Gasteiger partial charge in [-0.1, -0.05) is 17.7 Å². The average Bonchev–Trinajstić information content (AvgIpc) is 2.95. The predicted octanol–water partition coefficient (Wildman–Crippen LogP) is 1.71. The zero-order valence-corrected chi connectivity index (χ0v) is 9.85. The van der Waals surface area contributed by atoms with Crippen molar-refractivity contribution >= 4 is 11.1 Å². The third kappa shape index (κ3) is 3.37. The maximum absolute atomic E-state index is 13.2. The van der Waals surface area contributed by atoms with Gasteiger partial charge in [-0.2, -0.15) is 0 Å². The lowest BCUT2D eigenvalue weighted by molar-refractivity contribution is 0.191. The number of hydrogen-bond acceptors (Lipinski definition) is 2. The number of halogens is 1. The van der Waals surface area contributed by atoms with E-state index in [2.05, 4.69) is 0 Å². The second-order valence-corrected chi connectivity index (χ2v) is 5.14. The van der Waals surface area contributed by atoms with Gasteiger partial charge in [-0.15, -0.1) is 0 Å². The molecule has 3 nitrogen and oxygen atoms in total. The third-order valence-electron chi connectivity index (χ3n) is 2.43. The summed E-state index contributed by atoms with van der Waals surface area (Å²) in [4.78, 5) is 0.588. The quantitative estimate of drug-likeness (QED) is 0.812. The van der Waals surface area contributed by atoms with Crippen LogP contribution in [0.4, 0.5) is 4.39 Å². The van der Waals surface area contributed by atoms with Crippen molar-refractivity contribution < 1.29 is 18.3 Å². The topological polar surface area (TPSA) is 57.8 Å². The first-order chi connectivity index (χ1) is 7.09. The van der Waals surface area contributed by atoms with Crippen LogP contribution >= 0.6 is 0 Å². The van der Waals surface area contributed by atoms with Gasteiger partial charge in [-0.25, -0.2) is 8.60 Å². The molecule has 0 spiro atoms. The van der Waals surface area contributed by atoms with Crippen molar-refractivity contribution in [2.24, 2.45) is 0 Å². The molecule has 0 bridgehead atoms. The van der Waals surface area contributed by atoms with E-state index in [1.165, 1.54) is 0 Å². The fraction of sp³-hybridized carbons (Fsp3) is 0.455. The van der Waals surface area contributed by atoms with Crippen LogP contribution in [-0.2, 0) is 15.3 Å². The molecule has 1 aliphatic carbocycles. The fourth-order valence-corrected chi connectivity index (χ4v) is 1.97. The second kappa shape index (κ2) is 5.03. The van der Waals surface area contributed by atoms with Crippen LogP contribution in [0.3, 0.4) is 0 Å². The molecule has 1 atom stereocenters. The van der Waals surface area contributed by atoms with Crippen molar-refractivity contribution in [1.82, 2.24) is 0 Å². The lowest BCUT2D eigenvalue weighted by Gasteiger charge is -2.05. The van der Waals surface area contributed by atoms with Gasteiger partial charge in [0.15, 0.2) is 11.1 Å². The molecule has 2 N–H and O–H groups in total. The zero-order chi connectivity index (χ0) is 10.9. The van der Waals surface area contributed by atoms with Crippen LogP contribution < -0.4 is 0 Å². The van der Waals surface area contributed by atoms with Crippen molar-refractivity contribution in [3.8, 4) is 0 Å². The van der Waals surface area contributed by atoms with Crippen molar-refractivity contribution in [2.75, 3.05) is 6.61 Å². The van der Waals surface area contributed by atoms with E-state index in [-0.39, 0.29) is 12.1 Å². The lowest BCUT2D eigenvalue weighted by Crippen LogP contribution is -2.12. The molecule has 16 heavy (non-hydrogen) atoms. The molecule has 1 fully saturated rings. The molecule has 5 heteroatoms. The van der Waals surface area contributed by atoms with Gasteiger partial charge in [0.05, 0.1) is 11.5 Å². The number of benzene rings is 1. The average molecular weight is 246 g/mol. The molecule has 0 aromatic heterocycles. The van der Waals surface area contributed by atoms with Crippen molar-refractivity contribution in [1.29, 1.82) is 0 Å². The molecule has 1 aromatic carbocycles. The summed E-state index contributed by atoms with van der Waals surface area (Å²) >= 11 is -1.54. The van der Waals surface area contributed by atoms with Crippen LogP contribution in [-0.4, -0.2) is 22.0 Å². The van der Waals surface area contributed by atoms with Crippen molar-refractivity contribution in [2.45, 2.75) is 30.3 Å². The molecule has 1 unspecified atom stereocenters. The lowest BCUT2D eigenvalue weighted by atomic mass is 10.2. The highest BCUT2D eigenvalue weighted by molar-refractivity contribution is 7.80. The van der Waals surface area contributed by atoms with Gasteiger partial charge in [0.2, 0.25) is 0 Å². The Kier molecular flexibility index (Phi) is 4.18. The molecular weight excluding hydrogens is 231 g/mol. The first-order valence-electron chi connectivity index (χ1n) is 4.90. The zero-order valence-electron chi connectivity index (χ0n) is 9.03. The van der Waals surface area contributed by atoms with Crippen LogP contribution in [0.25, 0.3) is 0 Å². The summed E-state index contributed by atoms with van der Waals surface area (Å²) in [6.07, 6.45) is 1.05. The minimum Gasteiger partial charge on any atom is -0.412 e. The second-order valence-electron chi connectivity index (χ2n) is 3.96. The fourth-order valence-electron chi connectivity index (χ4n) is 1.16. The first-order valence-corrected chi connectivity index (χ1v) is 5.97. The van der Waals surface area contributed by atoms with Crippen LogP contribution in [0, 0.1) is 6.92 Å². The predicted molar refractivity (Wildman–Crippen MR) is 60.2 cm³/mol. The minimum atomic E-state index is -1.54. The Labute approximate surface area is 96.6 Å². The van der Waals surface area contributed by atoms with Gasteiger partial charge >= 0.3 is 0 Å². The van der Waals surface area contributed by atoms with E-state index < -0.39 is 16.7 Å². The Bertz CT molecular complexity index is 373. The Balaban J connectivity index is 0.00000128. The van der Waals surface area contributed by atoms with Gasteiger partial charge < -0.3 is 5.48 Å². The molecule has 0 aliphatic heterocycles. The molecule has 0 saturated heterocycles. The normalized spacial score (nSPS) is 18.6. The number of hydrogen-bond donors (Lipinski definition) is 0. The largest absolute Gasteiger partial charge is 0.412 e. The van der Waals surface area contributed by atoms with Crippen molar-refractivity contribution in [3.63, 3.8) is 0 Å². The maximum Gasteiger partial charge on any atom is 0.189 e. The number of alkyl halides is 1. The Morgan fingerprint density at radius 1 is 1.38 bits per heavy atom. The van der Waals surface area contributed by atoms with E-state index in [0.29, 0.717) is 17.7 Å². The molecule has 90 valence electrons. The molecule has 1 aromatic rings. The van der Waals surface area contributed by atoms with Crippen LogP contribution in [0.5, 0.6) is 0 Å². The summed E-state index contributed by atoms with van der Waals surface area (Å²) in [5, 5.41) is 0. The first kappa shape index (κ1) is 13.3. The summed E-state index contributed by atoms with van der Waals surface area (Å²) in [5.41, 5.74) is -0.111. The summed E-state index contributed by atoms with van der Waals surface area (Å²) in [6.45, 7) is 1.89. The molecule has 1 saturated carbocycles. The number of aryl methyl sites for hydroxylation is 1. The summed E-state index contributed by atoms with van der Waals surface area (Å²) < 4.78 is 29.7. The molecule has 0 heterocycles. The van der Waals surface area contributed by atoms with E-state index >= 15 is 0 Å². The molecule has 0 radical (unpaired) electrons. The molecule has 0 amide bonds. The van der Waals surface area contributed by atoms with E-state index in [1.807, 2.05) is 19.1 Å². The Morgan fingerprint density at radius 2 is 1.94 bits per heavy atom. The van der Waals surface area contributed by atoms with Crippen molar-refractivity contribution in [3.05, 3.63) is 29.8 Å². The molecule has 2 rings (SSSR count). The van der Waals surface area contributed by atoms with Crippen LogP contribution in [0.1, 0.15) is 18.4 Å². The summed E-state index contributed by atoms with van der Waals surface area (Å²) in [7, 11) is 0. The van der Waals surface area contributed by atoms with E-state index in [4.69, 9.17) is 4.18 Å². The highest BCUT2D eigenvalue weighted by atomic mass is 32.2. The Morgan fingerprint density at radius 3 is 2.44 bits per heavy atom. The monoisotopic (exact) mass is 246 g/mol. The van der Waals surface area contributed by atoms with Gasteiger partial charge in [-0.05, 0) is 31.9 Å². The Hall–Kier alpha value is -0.780. The van der Waals surface area contributed by atoms with Crippen LogP contribution in [0.15, 0.2) is 29.2 Å². The van der Waals surface area contributed by atoms with Gasteiger partial charge in [0.1, 0.15) is 5.67 Å². The van der Waals surface area contributed by atoms with E-state index in [9.17, 15) is 8.60 Å². The van der Waals surface area contributed by atoms with E-state index in [0.717, 1.165) is 5.56 Å². The summed E-state index contributed by atoms with van der Waals surface area (Å²) in [5.74, 6) is 0. The third-order valence-corrected chi connectivity index (χ3v) is 3.42. The highest BCUT2D eigenvalue weighted by Crippen LogP contribution is 2.40.